The van der Waals surface area contributed by atoms with E-state index in [1.54, 1.807) is 24.3 Å². The normalized spacial score (nSPS) is 10.8. The third-order valence-corrected chi connectivity index (χ3v) is 2.43. The number of benzene rings is 1. The summed E-state index contributed by atoms with van der Waals surface area (Å²) in [4.78, 5) is 0. The Morgan fingerprint density at radius 3 is 2.67 bits per heavy atom. The first-order valence-corrected chi connectivity index (χ1v) is 5.76. The molecule has 0 saturated carbocycles. The van der Waals surface area contributed by atoms with E-state index in [0.29, 0.717) is 24.3 Å². The SMILES string of the molecule is N#Cc1ccccc1OCCC(Cl)(Cl)Br. The number of nitriles is 1. The Balaban J connectivity index is 2.55. The van der Waals surface area contributed by atoms with Crippen molar-refractivity contribution in [3.8, 4) is 11.8 Å². The lowest BCUT2D eigenvalue weighted by atomic mass is 10.2. The van der Waals surface area contributed by atoms with Crippen LogP contribution in [0.3, 0.4) is 0 Å². The summed E-state index contributed by atoms with van der Waals surface area (Å²) in [6, 6.07) is 9.05. The van der Waals surface area contributed by atoms with Gasteiger partial charge in [0, 0.05) is 6.42 Å². The van der Waals surface area contributed by atoms with E-state index in [0.717, 1.165) is 0 Å². The summed E-state index contributed by atoms with van der Waals surface area (Å²) >= 11 is 14.5. The van der Waals surface area contributed by atoms with Crippen molar-refractivity contribution in [2.24, 2.45) is 0 Å². The summed E-state index contributed by atoms with van der Waals surface area (Å²) in [5.41, 5.74) is 0.502. The maximum absolute atomic E-state index is 8.79. The number of ether oxygens (including phenoxy) is 1. The highest BCUT2D eigenvalue weighted by Gasteiger charge is 2.18. The second-order valence-corrected chi connectivity index (χ2v) is 6.57. The lowest BCUT2D eigenvalue weighted by molar-refractivity contribution is 0.313. The zero-order valence-corrected chi connectivity index (χ0v) is 10.8. The van der Waals surface area contributed by atoms with Crippen molar-refractivity contribution in [2.75, 3.05) is 6.61 Å². The molecule has 0 saturated heterocycles. The van der Waals surface area contributed by atoms with E-state index in [1.807, 2.05) is 6.07 Å². The topological polar surface area (TPSA) is 33.0 Å². The van der Waals surface area contributed by atoms with Crippen LogP contribution < -0.4 is 4.74 Å². The Kier molecular flexibility index (Phi) is 4.72. The zero-order valence-electron chi connectivity index (χ0n) is 7.71. The standard InChI is InChI=1S/C10H8BrCl2NO/c11-10(12,13)5-6-15-9-4-2-1-3-8(9)7-14/h1-4H,5-6H2. The van der Waals surface area contributed by atoms with Crippen LogP contribution in [0.1, 0.15) is 12.0 Å². The van der Waals surface area contributed by atoms with Gasteiger partial charge in [0.15, 0.2) is 3.24 Å². The van der Waals surface area contributed by atoms with Gasteiger partial charge in [0.25, 0.3) is 0 Å². The number of rotatable bonds is 4. The van der Waals surface area contributed by atoms with Gasteiger partial charge in [-0.15, -0.1) is 0 Å². The summed E-state index contributed by atoms with van der Waals surface area (Å²) in [6.45, 7) is 0.344. The fourth-order valence-corrected chi connectivity index (χ4v) is 1.28. The number of hydrogen-bond acceptors (Lipinski definition) is 2. The molecule has 0 aromatic heterocycles. The predicted octanol–water partition coefficient (Wildman–Crippen LogP) is 3.85. The van der Waals surface area contributed by atoms with Crippen molar-refractivity contribution >= 4 is 39.1 Å². The van der Waals surface area contributed by atoms with E-state index >= 15 is 0 Å². The molecule has 0 radical (unpaired) electrons. The molecule has 0 aliphatic heterocycles. The smallest absolute Gasteiger partial charge is 0.175 e. The maximum Gasteiger partial charge on any atom is 0.175 e. The summed E-state index contributed by atoms with van der Waals surface area (Å²) in [5, 5.41) is 8.79. The molecule has 2 nitrogen and oxygen atoms in total. The lowest BCUT2D eigenvalue weighted by Gasteiger charge is -2.12. The van der Waals surface area contributed by atoms with Crippen molar-refractivity contribution in [1.82, 2.24) is 0 Å². The summed E-state index contributed by atoms with van der Waals surface area (Å²) < 4.78 is 4.41. The van der Waals surface area contributed by atoms with Gasteiger partial charge in [-0.2, -0.15) is 5.26 Å². The highest BCUT2D eigenvalue weighted by molar-refractivity contribution is 9.11. The highest BCUT2D eigenvalue weighted by atomic mass is 79.9. The minimum absolute atomic E-state index is 0.344. The Bertz CT molecular complexity index is 370. The van der Waals surface area contributed by atoms with Crippen LogP contribution in [-0.4, -0.2) is 9.85 Å². The molecular formula is C10H8BrCl2NO. The summed E-state index contributed by atoms with van der Waals surface area (Å²) in [7, 11) is 0. The van der Waals surface area contributed by atoms with E-state index in [4.69, 9.17) is 33.2 Å². The molecule has 0 aliphatic rings. The van der Waals surface area contributed by atoms with Crippen molar-refractivity contribution in [1.29, 1.82) is 5.26 Å². The van der Waals surface area contributed by atoms with Crippen LogP contribution in [0, 0.1) is 11.3 Å². The van der Waals surface area contributed by atoms with Crippen molar-refractivity contribution < 1.29 is 4.74 Å². The van der Waals surface area contributed by atoms with Crippen LogP contribution in [0.4, 0.5) is 0 Å². The van der Waals surface area contributed by atoms with Gasteiger partial charge in [0.05, 0.1) is 12.2 Å². The largest absolute Gasteiger partial charge is 0.492 e. The number of hydrogen-bond donors (Lipinski definition) is 0. The second-order valence-electron chi connectivity index (χ2n) is 2.82. The van der Waals surface area contributed by atoms with E-state index in [9.17, 15) is 0 Å². The molecule has 0 heterocycles. The van der Waals surface area contributed by atoms with Gasteiger partial charge < -0.3 is 4.74 Å². The molecule has 0 spiro atoms. The summed E-state index contributed by atoms with van der Waals surface area (Å²) in [6.07, 6.45) is 0.426. The molecule has 0 atom stereocenters. The number of nitrogens with zero attached hydrogens (tertiary/aromatic N) is 1. The van der Waals surface area contributed by atoms with Crippen LogP contribution in [-0.2, 0) is 0 Å². The Morgan fingerprint density at radius 2 is 2.07 bits per heavy atom. The fourth-order valence-electron chi connectivity index (χ4n) is 0.962. The van der Waals surface area contributed by atoms with Gasteiger partial charge in [0.2, 0.25) is 0 Å². The van der Waals surface area contributed by atoms with Crippen molar-refractivity contribution in [2.45, 2.75) is 9.66 Å². The zero-order chi connectivity index (χ0) is 11.3. The number of para-hydroxylation sites is 1. The molecule has 1 aromatic carbocycles. The van der Waals surface area contributed by atoms with E-state index in [-0.39, 0.29) is 0 Å². The van der Waals surface area contributed by atoms with E-state index in [2.05, 4.69) is 15.9 Å². The van der Waals surface area contributed by atoms with Crippen molar-refractivity contribution in [3.05, 3.63) is 29.8 Å². The third kappa shape index (κ3) is 4.74. The first-order chi connectivity index (χ1) is 7.03. The number of halogens is 3. The molecule has 0 aliphatic carbocycles. The molecule has 1 aromatic rings. The molecular weight excluding hydrogens is 301 g/mol. The van der Waals surface area contributed by atoms with E-state index < -0.39 is 3.24 Å². The van der Waals surface area contributed by atoms with Gasteiger partial charge in [-0.3, -0.25) is 0 Å². The van der Waals surface area contributed by atoms with Crippen LogP contribution in [0.15, 0.2) is 24.3 Å². The van der Waals surface area contributed by atoms with Crippen LogP contribution in [0.2, 0.25) is 0 Å². The number of alkyl halides is 3. The third-order valence-electron chi connectivity index (χ3n) is 1.65. The fraction of sp³-hybridized carbons (Fsp3) is 0.300. The predicted molar refractivity (Wildman–Crippen MR) is 64.6 cm³/mol. The molecule has 1 rings (SSSR count). The first kappa shape index (κ1) is 12.6. The monoisotopic (exact) mass is 307 g/mol. The average Bonchev–Trinajstić information content (AvgIpc) is 2.16. The van der Waals surface area contributed by atoms with Crippen LogP contribution >= 0.6 is 39.1 Å². The molecule has 0 unspecified atom stereocenters. The molecule has 0 fully saturated rings. The van der Waals surface area contributed by atoms with Gasteiger partial charge in [0.1, 0.15) is 11.8 Å². The van der Waals surface area contributed by atoms with Crippen LogP contribution in [0.5, 0.6) is 5.75 Å². The van der Waals surface area contributed by atoms with Crippen molar-refractivity contribution in [3.63, 3.8) is 0 Å². The first-order valence-electron chi connectivity index (χ1n) is 4.21. The minimum atomic E-state index is -0.978. The molecule has 80 valence electrons. The van der Waals surface area contributed by atoms with Gasteiger partial charge >= 0.3 is 0 Å². The Labute approximate surface area is 107 Å². The highest BCUT2D eigenvalue weighted by Crippen LogP contribution is 2.32. The van der Waals surface area contributed by atoms with Gasteiger partial charge in [-0.1, -0.05) is 35.3 Å². The van der Waals surface area contributed by atoms with Gasteiger partial charge in [-0.25, -0.2) is 0 Å². The Morgan fingerprint density at radius 1 is 1.40 bits per heavy atom. The quantitative estimate of drug-likeness (QED) is 0.791. The molecule has 0 amide bonds. The molecule has 0 bridgehead atoms. The van der Waals surface area contributed by atoms with Crippen LogP contribution in [0.25, 0.3) is 0 Å². The molecule has 15 heavy (non-hydrogen) atoms. The Hall–Kier alpha value is -0.430. The van der Waals surface area contributed by atoms with E-state index in [1.165, 1.54) is 0 Å². The second kappa shape index (κ2) is 5.60. The molecule has 0 N–H and O–H groups in total. The molecule has 5 heteroatoms. The minimum Gasteiger partial charge on any atom is -0.492 e. The lowest BCUT2D eigenvalue weighted by Crippen LogP contribution is -2.09. The summed E-state index contributed by atoms with van der Waals surface area (Å²) in [5.74, 6) is 0.546. The van der Waals surface area contributed by atoms with Gasteiger partial charge in [-0.05, 0) is 28.1 Å². The maximum atomic E-state index is 8.79. The average molecular weight is 309 g/mol.